The molecule has 20 heavy (non-hydrogen) atoms. The van der Waals surface area contributed by atoms with E-state index in [1.165, 1.54) is 23.4 Å². The average Bonchev–Trinajstić information content (AvgIpc) is 2.37. The standard InChI is InChI=1S/C13H19BrN2O3S/c1-10(17)15-11-5-7-12(8-6-11)20(18,19)16(4)13(2,3)9-14/h5-8H,9H2,1-4H3,(H,15,17). The third-order valence-electron chi connectivity index (χ3n) is 3.01. The van der Waals surface area contributed by atoms with E-state index in [4.69, 9.17) is 0 Å². The molecule has 0 aliphatic rings. The Hall–Kier alpha value is -0.920. The lowest BCUT2D eigenvalue weighted by molar-refractivity contribution is -0.114. The minimum Gasteiger partial charge on any atom is -0.326 e. The van der Waals surface area contributed by atoms with Gasteiger partial charge in [-0.05, 0) is 38.1 Å². The molecule has 0 aliphatic carbocycles. The summed E-state index contributed by atoms with van der Waals surface area (Å²) in [6.07, 6.45) is 0. The molecule has 1 amide bonds. The zero-order valence-electron chi connectivity index (χ0n) is 12.0. The van der Waals surface area contributed by atoms with Gasteiger partial charge >= 0.3 is 0 Å². The van der Waals surface area contributed by atoms with Crippen molar-refractivity contribution in [1.82, 2.24) is 4.31 Å². The van der Waals surface area contributed by atoms with Gasteiger partial charge in [0.1, 0.15) is 0 Å². The van der Waals surface area contributed by atoms with Crippen molar-refractivity contribution in [2.45, 2.75) is 31.2 Å². The van der Waals surface area contributed by atoms with E-state index in [1.807, 2.05) is 13.8 Å². The Kier molecular flexibility index (Phi) is 5.34. The molecule has 0 unspecified atom stereocenters. The van der Waals surface area contributed by atoms with Crippen LogP contribution in [-0.4, -0.2) is 36.5 Å². The summed E-state index contributed by atoms with van der Waals surface area (Å²) < 4.78 is 26.3. The van der Waals surface area contributed by atoms with Crippen LogP contribution in [0.4, 0.5) is 5.69 Å². The zero-order chi connectivity index (χ0) is 15.6. The van der Waals surface area contributed by atoms with Gasteiger partial charge in [0.15, 0.2) is 0 Å². The number of halogens is 1. The summed E-state index contributed by atoms with van der Waals surface area (Å²) in [5.74, 6) is -0.196. The summed E-state index contributed by atoms with van der Waals surface area (Å²) in [6.45, 7) is 5.08. The van der Waals surface area contributed by atoms with Gasteiger partial charge in [-0.1, -0.05) is 15.9 Å². The predicted octanol–water partition coefficient (Wildman–Crippen LogP) is 2.44. The van der Waals surface area contributed by atoms with E-state index in [9.17, 15) is 13.2 Å². The molecular weight excluding hydrogens is 344 g/mol. The third kappa shape index (κ3) is 3.80. The monoisotopic (exact) mass is 362 g/mol. The molecule has 7 heteroatoms. The molecule has 1 rings (SSSR count). The first-order chi connectivity index (χ1) is 9.11. The molecule has 0 atom stereocenters. The van der Waals surface area contributed by atoms with Crippen LogP contribution in [0.25, 0.3) is 0 Å². The first kappa shape index (κ1) is 17.1. The Labute approximate surface area is 128 Å². The number of anilines is 1. The first-order valence-corrected chi connectivity index (χ1v) is 8.60. The summed E-state index contributed by atoms with van der Waals surface area (Å²) >= 11 is 3.32. The molecule has 0 bridgehead atoms. The number of rotatable bonds is 5. The van der Waals surface area contributed by atoms with E-state index in [0.29, 0.717) is 11.0 Å². The summed E-state index contributed by atoms with van der Waals surface area (Å²) in [4.78, 5) is 11.1. The maximum Gasteiger partial charge on any atom is 0.243 e. The molecule has 0 fully saturated rings. The molecule has 0 aliphatic heterocycles. The lowest BCUT2D eigenvalue weighted by Crippen LogP contribution is -2.46. The number of sulfonamides is 1. The lowest BCUT2D eigenvalue weighted by Gasteiger charge is -2.32. The fraction of sp³-hybridized carbons (Fsp3) is 0.462. The number of hydrogen-bond donors (Lipinski definition) is 1. The molecule has 1 aromatic rings. The van der Waals surface area contributed by atoms with Crippen molar-refractivity contribution in [2.75, 3.05) is 17.7 Å². The van der Waals surface area contributed by atoms with Crippen molar-refractivity contribution < 1.29 is 13.2 Å². The Bertz CT molecular complexity index is 582. The highest BCUT2D eigenvalue weighted by atomic mass is 79.9. The fourth-order valence-electron chi connectivity index (χ4n) is 1.48. The van der Waals surface area contributed by atoms with Crippen molar-refractivity contribution in [1.29, 1.82) is 0 Å². The third-order valence-corrected chi connectivity index (χ3v) is 6.47. The fourth-order valence-corrected chi connectivity index (χ4v) is 3.53. The maximum absolute atomic E-state index is 12.5. The lowest BCUT2D eigenvalue weighted by atomic mass is 10.1. The van der Waals surface area contributed by atoms with Crippen LogP contribution in [-0.2, 0) is 14.8 Å². The summed E-state index contributed by atoms with van der Waals surface area (Å²) in [7, 11) is -2.01. The summed E-state index contributed by atoms with van der Waals surface area (Å²) in [5.41, 5.74) is 0.0358. The van der Waals surface area contributed by atoms with Crippen LogP contribution < -0.4 is 5.32 Å². The topological polar surface area (TPSA) is 66.5 Å². The van der Waals surface area contributed by atoms with Crippen molar-refractivity contribution in [3.63, 3.8) is 0 Å². The van der Waals surface area contributed by atoms with E-state index in [0.717, 1.165) is 0 Å². The van der Waals surface area contributed by atoms with E-state index in [1.54, 1.807) is 19.2 Å². The van der Waals surface area contributed by atoms with Gasteiger partial charge in [0, 0.05) is 30.5 Å². The molecule has 112 valence electrons. The van der Waals surface area contributed by atoms with Crippen LogP contribution in [0, 0.1) is 0 Å². The van der Waals surface area contributed by atoms with E-state index >= 15 is 0 Å². The van der Waals surface area contributed by atoms with Gasteiger partial charge in [-0.2, -0.15) is 4.31 Å². The Morgan fingerprint density at radius 3 is 2.20 bits per heavy atom. The number of carbonyl (C=O) groups is 1. The Morgan fingerprint density at radius 2 is 1.80 bits per heavy atom. The quantitative estimate of drug-likeness (QED) is 0.818. The number of nitrogens with zero attached hydrogens (tertiary/aromatic N) is 1. The van der Waals surface area contributed by atoms with Crippen molar-refractivity contribution in [3.05, 3.63) is 24.3 Å². The SMILES string of the molecule is CC(=O)Nc1ccc(S(=O)(=O)N(C)C(C)(C)CBr)cc1. The maximum atomic E-state index is 12.5. The largest absolute Gasteiger partial charge is 0.326 e. The Morgan fingerprint density at radius 1 is 1.30 bits per heavy atom. The van der Waals surface area contributed by atoms with Gasteiger partial charge in [0.25, 0.3) is 0 Å². The molecule has 1 aromatic carbocycles. The van der Waals surface area contributed by atoms with Gasteiger partial charge in [-0.15, -0.1) is 0 Å². The molecule has 1 N–H and O–H groups in total. The minimum atomic E-state index is -3.56. The molecule has 0 saturated heterocycles. The van der Waals surface area contributed by atoms with Gasteiger partial charge in [0.05, 0.1) is 4.90 Å². The van der Waals surface area contributed by atoms with E-state index < -0.39 is 15.6 Å². The molecule has 0 heterocycles. The van der Waals surface area contributed by atoms with Crippen LogP contribution >= 0.6 is 15.9 Å². The number of hydrogen-bond acceptors (Lipinski definition) is 3. The number of nitrogens with one attached hydrogen (secondary N) is 1. The zero-order valence-corrected chi connectivity index (χ0v) is 14.4. The molecule has 0 aromatic heterocycles. The number of alkyl halides is 1. The van der Waals surface area contributed by atoms with E-state index in [-0.39, 0.29) is 10.8 Å². The molecule has 0 spiro atoms. The van der Waals surface area contributed by atoms with Crippen molar-refractivity contribution in [2.24, 2.45) is 0 Å². The summed E-state index contributed by atoms with van der Waals surface area (Å²) in [6, 6.07) is 6.12. The van der Waals surface area contributed by atoms with E-state index in [2.05, 4.69) is 21.2 Å². The highest BCUT2D eigenvalue weighted by Gasteiger charge is 2.33. The van der Waals surface area contributed by atoms with Crippen LogP contribution in [0.2, 0.25) is 0 Å². The molecule has 5 nitrogen and oxygen atoms in total. The number of carbonyl (C=O) groups excluding carboxylic acids is 1. The highest BCUT2D eigenvalue weighted by molar-refractivity contribution is 9.09. The number of benzene rings is 1. The first-order valence-electron chi connectivity index (χ1n) is 6.04. The second kappa shape index (κ2) is 6.24. The molecule has 0 radical (unpaired) electrons. The smallest absolute Gasteiger partial charge is 0.243 e. The second-order valence-electron chi connectivity index (χ2n) is 5.12. The van der Waals surface area contributed by atoms with Gasteiger partial charge in [-0.3, -0.25) is 4.79 Å². The van der Waals surface area contributed by atoms with Gasteiger partial charge < -0.3 is 5.32 Å². The highest BCUT2D eigenvalue weighted by Crippen LogP contribution is 2.25. The van der Waals surface area contributed by atoms with Crippen molar-refractivity contribution in [3.8, 4) is 0 Å². The number of amides is 1. The minimum absolute atomic E-state index is 0.196. The summed E-state index contributed by atoms with van der Waals surface area (Å²) in [5, 5.41) is 3.13. The van der Waals surface area contributed by atoms with Gasteiger partial charge in [0.2, 0.25) is 15.9 Å². The van der Waals surface area contributed by atoms with Gasteiger partial charge in [-0.25, -0.2) is 8.42 Å². The molecular formula is C13H19BrN2O3S. The van der Waals surface area contributed by atoms with Crippen LogP contribution in [0.15, 0.2) is 29.2 Å². The average molecular weight is 363 g/mol. The normalized spacial score (nSPS) is 12.5. The van der Waals surface area contributed by atoms with Crippen LogP contribution in [0.3, 0.4) is 0 Å². The van der Waals surface area contributed by atoms with Crippen LogP contribution in [0.1, 0.15) is 20.8 Å². The van der Waals surface area contributed by atoms with Crippen LogP contribution in [0.5, 0.6) is 0 Å². The predicted molar refractivity (Wildman–Crippen MR) is 83.6 cm³/mol. The van der Waals surface area contributed by atoms with Crippen molar-refractivity contribution >= 4 is 37.5 Å². The Balaban J connectivity index is 3.08. The molecule has 0 saturated carbocycles. The second-order valence-corrected chi connectivity index (χ2v) is 7.65.